The first-order chi connectivity index (χ1) is 11.9. The maximum absolute atomic E-state index is 12.4. The average molecular weight is 381 g/mol. The summed E-state index contributed by atoms with van der Waals surface area (Å²) in [6.07, 6.45) is 0.855. The lowest BCUT2D eigenvalue weighted by molar-refractivity contribution is -0.121. The van der Waals surface area contributed by atoms with Gasteiger partial charge in [0.2, 0.25) is 5.91 Å². The summed E-state index contributed by atoms with van der Waals surface area (Å²) in [5.74, 6) is -0.473. The standard InChI is InChI=1S/C17H21ClN4O2S/c1-4-7-19-15(23)9-22(3)16(24)14-10-25-17(21-14)20-13-8-12(18)6-5-11(13)2/h5-6,8,10H,4,7,9H2,1-3H3,(H,19,23)(H,20,21). The summed E-state index contributed by atoms with van der Waals surface area (Å²) in [5, 5.41) is 8.80. The van der Waals surface area contributed by atoms with Crippen LogP contribution in [0, 0.1) is 6.92 Å². The number of anilines is 2. The fourth-order valence-electron chi connectivity index (χ4n) is 2.08. The Morgan fingerprint density at radius 2 is 2.12 bits per heavy atom. The van der Waals surface area contributed by atoms with Gasteiger partial charge < -0.3 is 15.5 Å². The predicted octanol–water partition coefficient (Wildman–Crippen LogP) is 3.45. The second-order valence-corrected chi connectivity index (χ2v) is 6.93. The molecule has 0 aliphatic rings. The van der Waals surface area contributed by atoms with E-state index in [4.69, 9.17) is 11.6 Å². The number of benzene rings is 1. The minimum Gasteiger partial charge on any atom is -0.355 e. The van der Waals surface area contributed by atoms with Crippen molar-refractivity contribution in [3.63, 3.8) is 0 Å². The van der Waals surface area contributed by atoms with Crippen LogP contribution < -0.4 is 10.6 Å². The Morgan fingerprint density at radius 1 is 1.36 bits per heavy atom. The molecule has 2 N–H and O–H groups in total. The first-order valence-corrected chi connectivity index (χ1v) is 9.17. The number of nitrogens with one attached hydrogen (secondary N) is 2. The molecule has 1 aromatic carbocycles. The molecule has 0 radical (unpaired) electrons. The monoisotopic (exact) mass is 380 g/mol. The van der Waals surface area contributed by atoms with E-state index in [0.29, 0.717) is 22.4 Å². The molecule has 0 atom stereocenters. The number of rotatable bonds is 7. The van der Waals surface area contributed by atoms with Crippen LogP contribution in [0.3, 0.4) is 0 Å². The van der Waals surface area contributed by atoms with Gasteiger partial charge in [0.25, 0.3) is 5.91 Å². The number of aromatic nitrogens is 1. The van der Waals surface area contributed by atoms with Gasteiger partial charge in [-0.25, -0.2) is 4.98 Å². The smallest absolute Gasteiger partial charge is 0.273 e. The molecule has 0 aliphatic heterocycles. The van der Waals surface area contributed by atoms with Gasteiger partial charge in [0.1, 0.15) is 5.69 Å². The third kappa shape index (κ3) is 5.44. The Labute approximate surface area is 156 Å². The molecular formula is C17H21ClN4O2S. The highest BCUT2D eigenvalue weighted by atomic mass is 35.5. The molecule has 0 fully saturated rings. The van der Waals surface area contributed by atoms with Crippen molar-refractivity contribution in [1.82, 2.24) is 15.2 Å². The summed E-state index contributed by atoms with van der Waals surface area (Å²) in [6.45, 7) is 4.54. The van der Waals surface area contributed by atoms with Crippen molar-refractivity contribution in [2.45, 2.75) is 20.3 Å². The highest BCUT2D eigenvalue weighted by Crippen LogP contribution is 2.26. The van der Waals surface area contributed by atoms with Gasteiger partial charge in [-0.05, 0) is 31.0 Å². The van der Waals surface area contributed by atoms with Crippen LogP contribution in [0.4, 0.5) is 10.8 Å². The Balaban J connectivity index is 2.01. The van der Waals surface area contributed by atoms with Crippen LogP contribution in [-0.4, -0.2) is 41.8 Å². The molecule has 0 spiro atoms. The molecule has 0 saturated heterocycles. The van der Waals surface area contributed by atoms with Crippen molar-refractivity contribution >= 4 is 45.6 Å². The summed E-state index contributed by atoms with van der Waals surface area (Å²) in [6, 6.07) is 5.54. The van der Waals surface area contributed by atoms with E-state index in [-0.39, 0.29) is 18.4 Å². The molecule has 2 rings (SSSR count). The maximum atomic E-state index is 12.4. The van der Waals surface area contributed by atoms with Gasteiger partial charge in [-0.2, -0.15) is 0 Å². The van der Waals surface area contributed by atoms with Crippen LogP contribution in [0.15, 0.2) is 23.6 Å². The minimum absolute atomic E-state index is 0.00647. The molecule has 2 amide bonds. The zero-order valence-corrected chi connectivity index (χ0v) is 16.0. The van der Waals surface area contributed by atoms with Gasteiger partial charge in [0, 0.05) is 29.7 Å². The second-order valence-electron chi connectivity index (χ2n) is 5.63. The Morgan fingerprint density at radius 3 is 2.84 bits per heavy atom. The van der Waals surface area contributed by atoms with Gasteiger partial charge in [-0.15, -0.1) is 11.3 Å². The van der Waals surface area contributed by atoms with E-state index >= 15 is 0 Å². The van der Waals surface area contributed by atoms with E-state index in [1.807, 2.05) is 32.0 Å². The summed E-state index contributed by atoms with van der Waals surface area (Å²) in [5.41, 5.74) is 2.17. The van der Waals surface area contributed by atoms with Gasteiger partial charge in [-0.3, -0.25) is 9.59 Å². The molecule has 8 heteroatoms. The Kier molecular flexibility index (Phi) is 6.78. The van der Waals surface area contributed by atoms with Gasteiger partial charge in [0.05, 0.1) is 6.54 Å². The van der Waals surface area contributed by atoms with E-state index in [9.17, 15) is 9.59 Å². The highest BCUT2D eigenvalue weighted by molar-refractivity contribution is 7.14. The largest absolute Gasteiger partial charge is 0.355 e. The third-order valence-corrected chi connectivity index (χ3v) is 4.46. The number of aryl methyl sites for hydroxylation is 1. The number of thiazole rings is 1. The summed E-state index contributed by atoms with van der Waals surface area (Å²) < 4.78 is 0. The first-order valence-electron chi connectivity index (χ1n) is 7.91. The number of carbonyl (C=O) groups excluding carboxylic acids is 2. The number of halogens is 1. The van der Waals surface area contributed by atoms with Crippen LogP contribution >= 0.6 is 22.9 Å². The molecule has 0 unspecified atom stereocenters. The number of nitrogens with zero attached hydrogens (tertiary/aromatic N) is 2. The number of likely N-dealkylation sites (N-methyl/N-ethyl adjacent to an activating group) is 1. The second kappa shape index (κ2) is 8.82. The molecule has 6 nitrogen and oxygen atoms in total. The Hall–Kier alpha value is -2.12. The predicted molar refractivity (Wildman–Crippen MR) is 102 cm³/mol. The van der Waals surface area contributed by atoms with E-state index in [1.165, 1.54) is 16.2 Å². The van der Waals surface area contributed by atoms with Crippen LogP contribution in [0.25, 0.3) is 0 Å². The molecule has 0 bridgehead atoms. The summed E-state index contributed by atoms with van der Waals surface area (Å²) >= 11 is 7.33. The SMILES string of the molecule is CCCNC(=O)CN(C)C(=O)c1csc(Nc2cc(Cl)ccc2C)n1. The van der Waals surface area contributed by atoms with Crippen LogP contribution in [0.1, 0.15) is 29.4 Å². The molecule has 0 saturated carbocycles. The van der Waals surface area contributed by atoms with Crippen molar-refractivity contribution < 1.29 is 9.59 Å². The number of amides is 2. The molecule has 1 aromatic heterocycles. The summed E-state index contributed by atoms with van der Waals surface area (Å²) in [4.78, 5) is 29.8. The normalized spacial score (nSPS) is 10.4. The zero-order chi connectivity index (χ0) is 18.4. The number of hydrogen-bond donors (Lipinski definition) is 2. The van der Waals surface area contributed by atoms with E-state index in [0.717, 1.165) is 17.7 Å². The lowest BCUT2D eigenvalue weighted by Gasteiger charge is -2.15. The highest BCUT2D eigenvalue weighted by Gasteiger charge is 2.18. The molecule has 1 heterocycles. The lowest BCUT2D eigenvalue weighted by Crippen LogP contribution is -2.38. The zero-order valence-electron chi connectivity index (χ0n) is 14.4. The van der Waals surface area contributed by atoms with E-state index in [2.05, 4.69) is 15.6 Å². The minimum atomic E-state index is -0.293. The van der Waals surface area contributed by atoms with Crippen molar-refractivity contribution in [2.24, 2.45) is 0 Å². The van der Waals surface area contributed by atoms with Crippen LogP contribution in [0.2, 0.25) is 5.02 Å². The van der Waals surface area contributed by atoms with Crippen LogP contribution in [-0.2, 0) is 4.79 Å². The quantitative estimate of drug-likeness (QED) is 0.771. The summed E-state index contributed by atoms with van der Waals surface area (Å²) in [7, 11) is 1.58. The number of carbonyl (C=O) groups is 2. The fourth-order valence-corrected chi connectivity index (χ4v) is 2.95. The van der Waals surface area contributed by atoms with Crippen molar-refractivity contribution in [1.29, 1.82) is 0 Å². The fraction of sp³-hybridized carbons (Fsp3) is 0.353. The third-order valence-electron chi connectivity index (χ3n) is 3.46. The van der Waals surface area contributed by atoms with Crippen molar-refractivity contribution in [3.05, 3.63) is 39.9 Å². The topological polar surface area (TPSA) is 74.3 Å². The lowest BCUT2D eigenvalue weighted by atomic mass is 10.2. The van der Waals surface area contributed by atoms with Gasteiger partial charge in [-0.1, -0.05) is 24.6 Å². The molecule has 2 aromatic rings. The van der Waals surface area contributed by atoms with Crippen LogP contribution in [0.5, 0.6) is 0 Å². The molecule has 0 aliphatic carbocycles. The number of hydrogen-bond acceptors (Lipinski definition) is 5. The Bertz CT molecular complexity index is 763. The molecular weight excluding hydrogens is 360 g/mol. The average Bonchev–Trinajstić information content (AvgIpc) is 3.04. The van der Waals surface area contributed by atoms with E-state index in [1.54, 1.807) is 12.4 Å². The van der Waals surface area contributed by atoms with Crippen molar-refractivity contribution in [2.75, 3.05) is 25.5 Å². The van der Waals surface area contributed by atoms with Gasteiger partial charge >= 0.3 is 0 Å². The van der Waals surface area contributed by atoms with Crippen molar-refractivity contribution in [3.8, 4) is 0 Å². The molecule has 134 valence electrons. The van der Waals surface area contributed by atoms with Gasteiger partial charge in [0.15, 0.2) is 5.13 Å². The van der Waals surface area contributed by atoms with E-state index < -0.39 is 0 Å². The maximum Gasteiger partial charge on any atom is 0.273 e. The molecule has 25 heavy (non-hydrogen) atoms. The first kappa shape index (κ1) is 19.2.